The first kappa shape index (κ1) is 27.8. The zero-order valence-corrected chi connectivity index (χ0v) is 24.3. The van der Waals surface area contributed by atoms with Gasteiger partial charge in [0.1, 0.15) is 0 Å². The van der Waals surface area contributed by atoms with Crippen LogP contribution in [0.5, 0.6) is 0 Å². The second-order valence-corrected chi connectivity index (χ2v) is 11.3. The average Bonchev–Trinajstić information content (AvgIpc) is 2.95. The molecule has 1 aliphatic heterocycles. The molecule has 2 heterocycles. The predicted octanol–water partition coefficient (Wildman–Crippen LogP) is 10.3. The number of hydrogen-bond donors (Lipinski definition) is 0. The monoisotopic (exact) mass is 501 g/mol. The third-order valence-electron chi connectivity index (χ3n) is 8.85. The van der Waals surface area contributed by atoms with Crippen LogP contribution >= 0.6 is 0 Å². The van der Waals surface area contributed by atoms with Crippen LogP contribution in [0.4, 0.5) is 0 Å². The van der Waals surface area contributed by atoms with Crippen LogP contribution in [0, 0.1) is 18.8 Å². The largest absolute Gasteiger partial charge is 0.381 e. The minimum atomic E-state index is 0. The molecule has 1 aliphatic carbocycles. The second-order valence-electron chi connectivity index (χ2n) is 11.3. The zero-order valence-electron chi connectivity index (χ0n) is 24.3. The summed E-state index contributed by atoms with van der Waals surface area (Å²) in [5, 5.41) is 2.72. The Morgan fingerprint density at radius 3 is 2.51 bits per heavy atom. The van der Waals surface area contributed by atoms with Gasteiger partial charge < -0.3 is 4.74 Å². The van der Waals surface area contributed by atoms with E-state index in [0.717, 1.165) is 32.0 Å². The molecule has 1 aromatic heterocycles. The molecule has 2 aromatic carbocycles. The molecule has 4 atom stereocenters. The molecule has 1 saturated carbocycles. The topological polar surface area (TPSA) is 22.1 Å². The van der Waals surface area contributed by atoms with Crippen LogP contribution in [0.15, 0.2) is 42.5 Å². The van der Waals surface area contributed by atoms with Gasteiger partial charge in [-0.3, -0.25) is 4.98 Å². The first-order chi connectivity index (χ1) is 18.1. The van der Waals surface area contributed by atoms with Crippen molar-refractivity contribution in [1.82, 2.24) is 4.98 Å². The Labute approximate surface area is 227 Å². The highest BCUT2D eigenvalue weighted by atomic mass is 16.5. The van der Waals surface area contributed by atoms with Crippen molar-refractivity contribution in [1.29, 1.82) is 0 Å². The van der Waals surface area contributed by atoms with Crippen LogP contribution in [0.1, 0.15) is 115 Å². The molecule has 3 unspecified atom stereocenters. The highest BCUT2D eigenvalue weighted by molar-refractivity contribution is 5.90. The molecular weight excluding hydrogens is 450 g/mol. The summed E-state index contributed by atoms with van der Waals surface area (Å²) in [6.07, 6.45) is 10.0. The molecule has 202 valence electrons. The zero-order chi connectivity index (χ0) is 26.4. The van der Waals surface area contributed by atoms with E-state index in [2.05, 4.69) is 70.2 Å². The van der Waals surface area contributed by atoms with Gasteiger partial charge in [-0.1, -0.05) is 90.6 Å². The summed E-state index contributed by atoms with van der Waals surface area (Å²) < 4.78 is 5.81. The predicted molar refractivity (Wildman–Crippen MR) is 162 cm³/mol. The van der Waals surface area contributed by atoms with Gasteiger partial charge in [-0.25, -0.2) is 0 Å². The lowest BCUT2D eigenvalue weighted by molar-refractivity contribution is 0.0466. The average molecular weight is 502 g/mol. The first-order valence-corrected chi connectivity index (χ1v) is 15.2. The van der Waals surface area contributed by atoms with Gasteiger partial charge in [-0.15, -0.1) is 0 Å². The minimum Gasteiger partial charge on any atom is -0.381 e. The number of ether oxygens (including phenoxy) is 1. The van der Waals surface area contributed by atoms with E-state index in [4.69, 9.17) is 9.72 Å². The Kier molecular flexibility index (Phi) is 9.82. The van der Waals surface area contributed by atoms with E-state index in [1.165, 1.54) is 82.9 Å². The number of aromatic nitrogens is 1. The van der Waals surface area contributed by atoms with Crippen molar-refractivity contribution >= 4 is 10.8 Å². The van der Waals surface area contributed by atoms with E-state index in [0.29, 0.717) is 17.8 Å². The maximum absolute atomic E-state index is 5.81. The van der Waals surface area contributed by atoms with E-state index < -0.39 is 0 Å². The quantitative estimate of drug-likeness (QED) is 0.335. The lowest BCUT2D eigenvalue weighted by Crippen LogP contribution is -2.25. The van der Waals surface area contributed by atoms with Crippen LogP contribution in [-0.2, 0) is 11.2 Å². The van der Waals surface area contributed by atoms with Gasteiger partial charge in [-0.2, -0.15) is 0 Å². The van der Waals surface area contributed by atoms with Crippen molar-refractivity contribution in [2.45, 2.75) is 105 Å². The second kappa shape index (κ2) is 13.1. The van der Waals surface area contributed by atoms with Crippen LogP contribution in [-0.4, -0.2) is 18.2 Å². The smallest absolute Gasteiger partial charge is 0.0520 e. The Bertz CT molecular complexity index is 1170. The summed E-state index contributed by atoms with van der Waals surface area (Å²) in [6.45, 7) is 14.9. The highest BCUT2D eigenvalue weighted by Crippen LogP contribution is 2.41. The van der Waals surface area contributed by atoms with E-state index in [-0.39, 0.29) is 1.43 Å². The number of fused-ring (bicyclic) bond motifs is 1. The molecule has 1 saturated heterocycles. The van der Waals surface area contributed by atoms with Gasteiger partial charge in [0.15, 0.2) is 0 Å². The molecule has 37 heavy (non-hydrogen) atoms. The summed E-state index contributed by atoms with van der Waals surface area (Å²) >= 11 is 0. The van der Waals surface area contributed by atoms with Crippen LogP contribution in [0.25, 0.3) is 21.9 Å². The number of rotatable bonds is 6. The Morgan fingerprint density at radius 2 is 1.76 bits per heavy atom. The lowest BCUT2D eigenvalue weighted by Gasteiger charge is -2.32. The molecule has 5 rings (SSSR count). The summed E-state index contributed by atoms with van der Waals surface area (Å²) in [4.78, 5) is 5.46. The Morgan fingerprint density at radius 1 is 0.973 bits per heavy atom. The summed E-state index contributed by atoms with van der Waals surface area (Å²) in [5.41, 5.74) is 8.22. The maximum Gasteiger partial charge on any atom is 0.0520 e. The summed E-state index contributed by atoms with van der Waals surface area (Å²) in [5.74, 6) is 2.45. The summed E-state index contributed by atoms with van der Waals surface area (Å²) in [6, 6.07) is 16.6. The molecule has 0 amide bonds. The molecule has 2 heteroatoms. The minimum absolute atomic E-state index is 0. The standard InChI is InChI=1S/C33H43NO.C2H6.H2/c1-5-8-25-18-26(12-11-22(25)3)27-13-14-31-29(19-27)20-32(28-10-7-9-24(6-2)17-28)34-33(31)30-15-16-35-21-23(30)4;1-2;/h11-14,18-20,23-24,28,30H,5-10,15-17,21H2,1-4H3;1-2H3;1H/t23-,24?,28?,30?;;/m0../s1. The van der Waals surface area contributed by atoms with Crippen LogP contribution in [0.3, 0.4) is 0 Å². The maximum atomic E-state index is 5.81. The Balaban J connectivity index is 0.00000130. The van der Waals surface area contributed by atoms with Crippen LogP contribution < -0.4 is 0 Å². The van der Waals surface area contributed by atoms with E-state index in [1.807, 2.05) is 13.8 Å². The van der Waals surface area contributed by atoms with E-state index in [1.54, 1.807) is 0 Å². The molecule has 3 aromatic rings. The van der Waals surface area contributed by atoms with Crippen molar-refractivity contribution in [2.75, 3.05) is 13.2 Å². The molecule has 0 spiro atoms. The van der Waals surface area contributed by atoms with Gasteiger partial charge >= 0.3 is 0 Å². The molecule has 2 fully saturated rings. The van der Waals surface area contributed by atoms with E-state index in [9.17, 15) is 0 Å². The fourth-order valence-corrected chi connectivity index (χ4v) is 6.58. The van der Waals surface area contributed by atoms with Gasteiger partial charge in [0.25, 0.3) is 0 Å². The third-order valence-corrected chi connectivity index (χ3v) is 8.85. The Hall–Kier alpha value is -2.19. The van der Waals surface area contributed by atoms with Crippen LogP contribution in [0.2, 0.25) is 0 Å². The molecule has 2 nitrogen and oxygen atoms in total. The first-order valence-electron chi connectivity index (χ1n) is 15.2. The molecular formula is C35H51NO. The molecule has 2 aliphatic rings. The molecule has 0 bridgehead atoms. The van der Waals surface area contributed by atoms with Crippen molar-refractivity contribution < 1.29 is 6.16 Å². The van der Waals surface area contributed by atoms with E-state index >= 15 is 0 Å². The lowest BCUT2D eigenvalue weighted by atomic mass is 9.77. The number of hydrogen-bond acceptors (Lipinski definition) is 2. The van der Waals surface area contributed by atoms with Gasteiger partial charge in [0.05, 0.1) is 5.69 Å². The third kappa shape index (κ3) is 6.28. The number of aryl methyl sites for hydroxylation is 2. The number of pyridine rings is 1. The summed E-state index contributed by atoms with van der Waals surface area (Å²) in [7, 11) is 0. The normalized spacial score (nSPS) is 23.9. The highest BCUT2D eigenvalue weighted by Gasteiger charge is 2.29. The van der Waals surface area contributed by atoms with Gasteiger partial charge in [-0.05, 0) is 84.2 Å². The van der Waals surface area contributed by atoms with Gasteiger partial charge in [0, 0.05) is 37.6 Å². The van der Waals surface area contributed by atoms with Crippen molar-refractivity contribution in [3.05, 3.63) is 65.0 Å². The van der Waals surface area contributed by atoms with Crippen molar-refractivity contribution in [2.24, 2.45) is 11.8 Å². The fraction of sp³-hybridized carbons (Fsp3) is 0.571. The van der Waals surface area contributed by atoms with Crippen molar-refractivity contribution in [3.63, 3.8) is 0 Å². The number of benzene rings is 2. The van der Waals surface area contributed by atoms with Gasteiger partial charge in [0.2, 0.25) is 0 Å². The van der Waals surface area contributed by atoms with Crippen molar-refractivity contribution in [3.8, 4) is 11.1 Å². The SMILES string of the molecule is CC.CCCc1cc(-c2ccc3c(C4CCOC[C@@H]4C)nc(C4CCCC(CC)C4)cc3c2)ccc1C.[HH]. The molecule has 0 radical (unpaired) electrons. The number of nitrogens with zero attached hydrogens (tertiary/aromatic N) is 1. The molecule has 0 N–H and O–H groups in total. The fourth-order valence-electron chi connectivity index (χ4n) is 6.58.